The van der Waals surface area contributed by atoms with Gasteiger partial charge in [-0.05, 0) is 42.8 Å². The number of nitrogens with zero attached hydrogens (tertiary/aromatic N) is 3. The van der Waals surface area contributed by atoms with Crippen molar-refractivity contribution < 1.29 is 24.2 Å². The smallest absolute Gasteiger partial charge is 0.301 e. The van der Waals surface area contributed by atoms with Crippen LogP contribution in [0.3, 0.4) is 0 Å². The van der Waals surface area contributed by atoms with Gasteiger partial charge in [0.1, 0.15) is 24.0 Å². The van der Waals surface area contributed by atoms with Crippen LogP contribution in [0.1, 0.15) is 22.2 Å². The number of hydrogen-bond donors (Lipinski definition) is 1. The summed E-state index contributed by atoms with van der Waals surface area (Å²) >= 11 is 4.60. The Balaban J connectivity index is 1.69. The van der Waals surface area contributed by atoms with E-state index in [0.29, 0.717) is 46.0 Å². The summed E-state index contributed by atoms with van der Waals surface area (Å²) in [4.78, 5) is 27.5. The molecule has 32 heavy (non-hydrogen) atoms. The van der Waals surface area contributed by atoms with Crippen molar-refractivity contribution in [3.63, 3.8) is 0 Å². The molecule has 3 aromatic rings. The number of amides is 1. The SMILES string of the molecule is Cc1nnc(N2C(=O)C(=O)C(=C(O)c3ccc4c(c3)OCCO4)C2c2ccc(Br)cc2)s1. The van der Waals surface area contributed by atoms with Gasteiger partial charge in [0, 0.05) is 10.0 Å². The fraction of sp³-hybridized carbons (Fsp3) is 0.182. The van der Waals surface area contributed by atoms with E-state index in [1.807, 2.05) is 12.1 Å². The van der Waals surface area contributed by atoms with E-state index in [4.69, 9.17) is 9.47 Å². The first kappa shape index (κ1) is 20.7. The summed E-state index contributed by atoms with van der Waals surface area (Å²) in [5, 5.41) is 20.2. The van der Waals surface area contributed by atoms with Crippen molar-refractivity contribution in [1.82, 2.24) is 10.2 Å². The highest BCUT2D eigenvalue weighted by molar-refractivity contribution is 9.10. The van der Waals surface area contributed by atoms with Gasteiger partial charge in [-0.2, -0.15) is 0 Å². The molecule has 0 bridgehead atoms. The maximum atomic E-state index is 13.1. The molecule has 8 nitrogen and oxygen atoms in total. The van der Waals surface area contributed by atoms with Crippen molar-refractivity contribution in [2.45, 2.75) is 13.0 Å². The molecule has 10 heteroatoms. The lowest BCUT2D eigenvalue weighted by Crippen LogP contribution is -2.29. The second kappa shape index (κ2) is 8.03. The Morgan fingerprint density at radius 3 is 2.50 bits per heavy atom. The van der Waals surface area contributed by atoms with Crippen molar-refractivity contribution in [3.8, 4) is 11.5 Å². The van der Waals surface area contributed by atoms with Gasteiger partial charge in [-0.1, -0.05) is 39.4 Å². The van der Waals surface area contributed by atoms with Gasteiger partial charge >= 0.3 is 5.91 Å². The Bertz CT molecular complexity index is 1270. The van der Waals surface area contributed by atoms with Crippen molar-refractivity contribution >= 4 is 49.8 Å². The number of benzene rings is 2. The zero-order chi connectivity index (χ0) is 22.4. The third kappa shape index (κ3) is 3.45. The number of ketones is 1. The summed E-state index contributed by atoms with van der Waals surface area (Å²) in [7, 11) is 0. The van der Waals surface area contributed by atoms with Gasteiger partial charge in [-0.25, -0.2) is 0 Å². The highest BCUT2D eigenvalue weighted by Gasteiger charge is 2.48. The summed E-state index contributed by atoms with van der Waals surface area (Å²) < 4.78 is 12.0. The van der Waals surface area contributed by atoms with Crippen molar-refractivity contribution in [2.24, 2.45) is 0 Å². The fourth-order valence-corrected chi connectivity index (χ4v) is 4.70. The van der Waals surface area contributed by atoms with E-state index in [2.05, 4.69) is 26.1 Å². The molecular formula is C22H16BrN3O5S. The number of carbonyl (C=O) groups excluding carboxylic acids is 2. The average molecular weight is 514 g/mol. The van der Waals surface area contributed by atoms with Gasteiger partial charge in [-0.15, -0.1) is 10.2 Å². The molecule has 3 heterocycles. The number of aryl methyl sites for hydroxylation is 1. The van der Waals surface area contributed by atoms with Gasteiger partial charge in [0.15, 0.2) is 11.5 Å². The highest BCUT2D eigenvalue weighted by Crippen LogP contribution is 2.44. The summed E-state index contributed by atoms with van der Waals surface area (Å²) in [6.07, 6.45) is 0. The molecule has 0 aliphatic carbocycles. The van der Waals surface area contributed by atoms with Crippen LogP contribution in [0.25, 0.3) is 5.76 Å². The van der Waals surface area contributed by atoms with Crippen LogP contribution in [0.5, 0.6) is 11.5 Å². The maximum absolute atomic E-state index is 13.1. The molecule has 1 N–H and O–H groups in total. The Hall–Kier alpha value is -3.24. The fourth-order valence-electron chi connectivity index (χ4n) is 3.72. The molecule has 1 amide bonds. The van der Waals surface area contributed by atoms with Crippen LogP contribution in [-0.4, -0.2) is 40.2 Å². The minimum Gasteiger partial charge on any atom is -0.507 e. The van der Waals surface area contributed by atoms with Crippen LogP contribution < -0.4 is 14.4 Å². The standard InChI is InChI=1S/C22H16BrN3O5S/c1-11-24-25-22(32-11)26-18(12-2-5-14(23)6-3-12)17(20(28)21(26)29)19(27)13-4-7-15-16(10-13)31-9-8-30-15/h2-7,10,18,27H,8-9H2,1H3. The molecule has 1 atom stereocenters. The zero-order valence-electron chi connectivity index (χ0n) is 16.7. The molecule has 2 aliphatic heterocycles. The third-order valence-corrected chi connectivity index (χ3v) is 6.53. The first-order chi connectivity index (χ1) is 15.4. The van der Waals surface area contributed by atoms with E-state index in [0.717, 1.165) is 4.47 Å². The van der Waals surface area contributed by atoms with Crippen LogP contribution in [-0.2, 0) is 9.59 Å². The van der Waals surface area contributed by atoms with Crippen molar-refractivity contribution in [2.75, 3.05) is 18.1 Å². The minimum absolute atomic E-state index is 0.0261. The lowest BCUT2D eigenvalue weighted by molar-refractivity contribution is -0.132. The van der Waals surface area contributed by atoms with Crippen molar-refractivity contribution in [3.05, 3.63) is 68.6 Å². The number of aromatic nitrogens is 2. The van der Waals surface area contributed by atoms with E-state index in [9.17, 15) is 14.7 Å². The van der Waals surface area contributed by atoms with Gasteiger partial charge in [0.05, 0.1) is 11.6 Å². The summed E-state index contributed by atoms with van der Waals surface area (Å²) in [5.74, 6) is -0.834. The van der Waals surface area contributed by atoms with E-state index in [1.54, 1.807) is 37.3 Å². The molecule has 1 unspecified atom stereocenters. The molecule has 1 saturated heterocycles. The van der Waals surface area contributed by atoms with Crippen LogP contribution in [0, 0.1) is 6.92 Å². The van der Waals surface area contributed by atoms with Crippen molar-refractivity contribution in [1.29, 1.82) is 0 Å². The van der Waals surface area contributed by atoms with E-state index in [-0.39, 0.29) is 11.3 Å². The lowest BCUT2D eigenvalue weighted by atomic mass is 9.95. The van der Waals surface area contributed by atoms with Gasteiger partial charge in [-0.3, -0.25) is 14.5 Å². The number of anilines is 1. The van der Waals surface area contributed by atoms with Crippen LogP contribution in [0.2, 0.25) is 0 Å². The maximum Gasteiger partial charge on any atom is 0.301 e. The third-order valence-electron chi connectivity index (χ3n) is 5.17. The summed E-state index contributed by atoms with van der Waals surface area (Å²) in [5.41, 5.74) is 0.976. The average Bonchev–Trinajstić information content (AvgIpc) is 3.34. The molecule has 0 saturated carbocycles. The van der Waals surface area contributed by atoms with Crippen LogP contribution in [0.15, 0.2) is 52.5 Å². The Labute approximate surface area is 195 Å². The van der Waals surface area contributed by atoms with E-state index < -0.39 is 17.7 Å². The predicted molar refractivity (Wildman–Crippen MR) is 121 cm³/mol. The number of halogens is 1. The monoisotopic (exact) mass is 513 g/mol. The van der Waals surface area contributed by atoms with Crippen LogP contribution in [0.4, 0.5) is 5.13 Å². The molecule has 1 fully saturated rings. The zero-order valence-corrected chi connectivity index (χ0v) is 19.1. The molecule has 0 spiro atoms. The molecule has 0 radical (unpaired) electrons. The molecule has 162 valence electrons. The second-order valence-electron chi connectivity index (χ2n) is 7.18. The predicted octanol–water partition coefficient (Wildman–Crippen LogP) is 4.01. The summed E-state index contributed by atoms with van der Waals surface area (Å²) in [6, 6.07) is 11.2. The second-order valence-corrected chi connectivity index (χ2v) is 9.26. The number of fused-ring (bicyclic) bond motifs is 1. The van der Waals surface area contributed by atoms with E-state index >= 15 is 0 Å². The first-order valence-corrected chi connectivity index (χ1v) is 11.3. The van der Waals surface area contributed by atoms with Crippen LogP contribution >= 0.6 is 27.3 Å². The summed E-state index contributed by atoms with van der Waals surface area (Å²) in [6.45, 7) is 2.59. The number of carbonyl (C=O) groups is 2. The quantitative estimate of drug-likeness (QED) is 0.320. The topological polar surface area (TPSA) is 102 Å². The Kier molecular flexibility index (Phi) is 5.18. The molecule has 2 aliphatic rings. The number of hydrogen-bond acceptors (Lipinski definition) is 8. The van der Waals surface area contributed by atoms with E-state index in [1.165, 1.54) is 16.2 Å². The largest absolute Gasteiger partial charge is 0.507 e. The molecule has 2 aromatic carbocycles. The number of aliphatic hydroxyl groups is 1. The highest BCUT2D eigenvalue weighted by atomic mass is 79.9. The first-order valence-electron chi connectivity index (χ1n) is 9.70. The number of Topliss-reactive ketones (excluding diaryl/α,β-unsaturated/α-hetero) is 1. The normalized spacial score (nSPS) is 19.4. The number of ether oxygens (including phenoxy) is 2. The lowest BCUT2D eigenvalue weighted by Gasteiger charge is -2.23. The molecular weight excluding hydrogens is 498 g/mol. The molecule has 1 aromatic heterocycles. The Morgan fingerprint density at radius 1 is 1.09 bits per heavy atom. The minimum atomic E-state index is -0.858. The van der Waals surface area contributed by atoms with Gasteiger partial charge < -0.3 is 14.6 Å². The number of rotatable bonds is 3. The number of aliphatic hydroxyl groups excluding tert-OH is 1. The van der Waals surface area contributed by atoms with Gasteiger partial charge in [0.2, 0.25) is 5.13 Å². The van der Waals surface area contributed by atoms with Gasteiger partial charge in [0.25, 0.3) is 5.78 Å². The molecule has 5 rings (SSSR count). The Morgan fingerprint density at radius 2 is 1.81 bits per heavy atom.